The van der Waals surface area contributed by atoms with Gasteiger partial charge in [0.25, 0.3) is 0 Å². The fraction of sp³-hybridized carbons (Fsp3) is 0.647. The molecule has 3 rings (SSSR count). The van der Waals surface area contributed by atoms with E-state index in [1.54, 1.807) is 11.3 Å². The summed E-state index contributed by atoms with van der Waals surface area (Å²) in [7, 11) is 0. The lowest BCUT2D eigenvalue weighted by atomic mass is 9.67. The van der Waals surface area contributed by atoms with E-state index in [0.717, 1.165) is 50.2 Å². The second kappa shape index (κ2) is 7.64. The number of rotatable bonds is 6. The molecule has 0 radical (unpaired) electrons. The smallest absolute Gasteiger partial charge is 0.223 e. The lowest BCUT2D eigenvalue weighted by Crippen LogP contribution is -2.43. The monoisotopic (exact) mass is 337 g/mol. The molecule has 0 aromatic carbocycles. The quantitative estimate of drug-likeness (QED) is 0.808. The first kappa shape index (κ1) is 16.1. The summed E-state index contributed by atoms with van der Waals surface area (Å²) < 4.78 is 0. The van der Waals surface area contributed by atoms with Crippen LogP contribution in [-0.2, 0) is 15.3 Å². The van der Waals surface area contributed by atoms with E-state index in [2.05, 4.69) is 22.1 Å². The van der Waals surface area contributed by atoms with Gasteiger partial charge in [0, 0.05) is 35.8 Å². The van der Waals surface area contributed by atoms with Gasteiger partial charge in [0.05, 0.1) is 0 Å². The molecule has 22 heavy (non-hydrogen) atoms. The van der Waals surface area contributed by atoms with Gasteiger partial charge < -0.3 is 5.32 Å². The van der Waals surface area contributed by atoms with Gasteiger partial charge >= 0.3 is 0 Å². The average molecular weight is 338 g/mol. The molecular formula is C17H23NO2S2. The molecule has 120 valence electrons. The number of Topliss-reactive ketones (excluding diaryl/α,β-unsaturated/α-hetero) is 1. The standard InChI is InChI=1S/C17H23NO2S2/c19-16-13-2-1-3-14(16)9-15(8-13)17(20)18-5-7-22-11-12-4-6-21-10-12/h4,6,10,13-15H,1-3,5,7-9,11H2,(H,18,20)/t13-,14+,15?. The summed E-state index contributed by atoms with van der Waals surface area (Å²) in [6.45, 7) is 0.730. The maximum atomic E-state index is 12.3. The number of carbonyl (C=O) groups is 2. The Morgan fingerprint density at radius 3 is 2.77 bits per heavy atom. The molecule has 3 atom stereocenters. The summed E-state index contributed by atoms with van der Waals surface area (Å²) in [5.41, 5.74) is 1.36. The molecule has 0 aliphatic heterocycles. The summed E-state index contributed by atoms with van der Waals surface area (Å²) in [4.78, 5) is 24.4. The first-order valence-electron chi connectivity index (χ1n) is 8.14. The highest BCUT2D eigenvalue weighted by Crippen LogP contribution is 2.40. The van der Waals surface area contributed by atoms with Crippen molar-refractivity contribution in [2.24, 2.45) is 17.8 Å². The molecule has 0 spiro atoms. The van der Waals surface area contributed by atoms with Crippen molar-refractivity contribution in [3.05, 3.63) is 22.4 Å². The average Bonchev–Trinajstić information content (AvgIpc) is 2.99. The van der Waals surface area contributed by atoms with Gasteiger partial charge in [0.2, 0.25) is 5.91 Å². The van der Waals surface area contributed by atoms with Crippen molar-refractivity contribution in [2.45, 2.75) is 37.9 Å². The predicted octanol–water partition coefficient (Wildman–Crippen LogP) is 3.49. The summed E-state index contributed by atoms with van der Waals surface area (Å²) in [6.07, 6.45) is 4.71. The van der Waals surface area contributed by atoms with Crippen LogP contribution in [0.4, 0.5) is 0 Å². The van der Waals surface area contributed by atoms with Gasteiger partial charge in [-0.3, -0.25) is 9.59 Å². The van der Waals surface area contributed by atoms with Crippen LogP contribution in [0.5, 0.6) is 0 Å². The minimum Gasteiger partial charge on any atom is -0.355 e. The number of nitrogens with one attached hydrogen (secondary N) is 1. The number of thioether (sulfide) groups is 1. The summed E-state index contributed by atoms with van der Waals surface area (Å²) in [5, 5.41) is 7.33. The van der Waals surface area contributed by atoms with Gasteiger partial charge in [-0.05, 0) is 48.1 Å². The van der Waals surface area contributed by atoms with Crippen molar-refractivity contribution in [1.29, 1.82) is 0 Å². The van der Waals surface area contributed by atoms with Crippen molar-refractivity contribution >= 4 is 34.8 Å². The molecule has 1 aromatic heterocycles. The zero-order valence-electron chi connectivity index (χ0n) is 12.8. The Bertz CT molecular complexity index is 499. The molecule has 2 bridgehead atoms. The Balaban J connectivity index is 1.36. The molecule has 1 amide bonds. The second-order valence-electron chi connectivity index (χ2n) is 6.37. The van der Waals surface area contributed by atoms with E-state index in [1.807, 2.05) is 11.8 Å². The van der Waals surface area contributed by atoms with Crippen molar-refractivity contribution in [1.82, 2.24) is 5.32 Å². The Labute approximate surface area is 140 Å². The normalized spacial score (nSPS) is 27.6. The summed E-state index contributed by atoms with van der Waals surface area (Å²) >= 11 is 3.58. The number of fused-ring (bicyclic) bond motifs is 2. The van der Waals surface area contributed by atoms with Crippen LogP contribution in [0.1, 0.15) is 37.7 Å². The number of carbonyl (C=O) groups excluding carboxylic acids is 2. The number of hydrogen-bond acceptors (Lipinski definition) is 4. The molecule has 2 saturated carbocycles. The molecular weight excluding hydrogens is 314 g/mol. The van der Waals surface area contributed by atoms with Gasteiger partial charge in [-0.25, -0.2) is 0 Å². The molecule has 2 aliphatic carbocycles. The van der Waals surface area contributed by atoms with E-state index < -0.39 is 0 Å². The molecule has 0 saturated heterocycles. The van der Waals surface area contributed by atoms with Gasteiger partial charge in [-0.15, -0.1) is 0 Å². The Kier molecular flexibility index (Phi) is 5.58. The highest BCUT2D eigenvalue weighted by molar-refractivity contribution is 7.98. The van der Waals surface area contributed by atoms with Crippen LogP contribution < -0.4 is 5.32 Å². The molecule has 2 aliphatic rings. The van der Waals surface area contributed by atoms with E-state index >= 15 is 0 Å². The van der Waals surface area contributed by atoms with Crippen LogP contribution in [0.2, 0.25) is 0 Å². The van der Waals surface area contributed by atoms with Crippen LogP contribution in [0.15, 0.2) is 16.8 Å². The van der Waals surface area contributed by atoms with E-state index in [4.69, 9.17) is 0 Å². The van der Waals surface area contributed by atoms with Gasteiger partial charge in [0.15, 0.2) is 0 Å². The summed E-state index contributed by atoms with van der Waals surface area (Å²) in [6, 6.07) is 2.15. The molecule has 1 aromatic rings. The van der Waals surface area contributed by atoms with Gasteiger partial charge in [0.1, 0.15) is 5.78 Å². The van der Waals surface area contributed by atoms with Crippen molar-refractivity contribution < 1.29 is 9.59 Å². The lowest BCUT2D eigenvalue weighted by molar-refractivity contribution is -0.137. The largest absolute Gasteiger partial charge is 0.355 e. The third-order valence-corrected chi connectivity index (χ3v) is 6.58. The maximum absolute atomic E-state index is 12.3. The second-order valence-corrected chi connectivity index (χ2v) is 8.26. The topological polar surface area (TPSA) is 46.2 Å². The van der Waals surface area contributed by atoms with Crippen molar-refractivity contribution in [2.75, 3.05) is 12.3 Å². The van der Waals surface area contributed by atoms with Crippen LogP contribution in [0.25, 0.3) is 0 Å². The van der Waals surface area contributed by atoms with Gasteiger partial charge in [-0.1, -0.05) is 6.42 Å². The minimum atomic E-state index is 0.0647. The molecule has 1 N–H and O–H groups in total. The van der Waals surface area contributed by atoms with Crippen LogP contribution in [0.3, 0.4) is 0 Å². The van der Waals surface area contributed by atoms with Gasteiger partial charge in [-0.2, -0.15) is 23.1 Å². The number of amides is 1. The van der Waals surface area contributed by atoms with E-state index in [0.29, 0.717) is 5.78 Å². The number of thiophene rings is 1. The Morgan fingerprint density at radius 1 is 1.32 bits per heavy atom. The van der Waals surface area contributed by atoms with E-state index in [-0.39, 0.29) is 23.7 Å². The molecule has 5 heteroatoms. The predicted molar refractivity (Wildman–Crippen MR) is 92.1 cm³/mol. The van der Waals surface area contributed by atoms with Crippen molar-refractivity contribution in [3.8, 4) is 0 Å². The number of hydrogen-bond donors (Lipinski definition) is 1. The zero-order valence-corrected chi connectivity index (χ0v) is 14.4. The SMILES string of the molecule is O=C(NCCSCc1ccsc1)C1C[C@H]2CCC[C@@H](C1)C2=O. The van der Waals surface area contributed by atoms with Crippen LogP contribution in [0, 0.1) is 17.8 Å². The maximum Gasteiger partial charge on any atom is 0.223 e. The minimum absolute atomic E-state index is 0.0647. The third-order valence-electron chi connectivity index (χ3n) is 4.81. The molecule has 3 nitrogen and oxygen atoms in total. The van der Waals surface area contributed by atoms with Crippen LogP contribution >= 0.6 is 23.1 Å². The summed E-state index contributed by atoms with van der Waals surface area (Å²) in [5.74, 6) is 2.95. The first-order chi connectivity index (χ1) is 10.7. The third kappa shape index (κ3) is 3.93. The molecule has 1 unspecified atom stereocenters. The fourth-order valence-electron chi connectivity index (χ4n) is 3.65. The van der Waals surface area contributed by atoms with E-state index in [1.165, 1.54) is 5.56 Å². The molecule has 1 heterocycles. The highest BCUT2D eigenvalue weighted by Gasteiger charge is 2.41. The van der Waals surface area contributed by atoms with Crippen LogP contribution in [-0.4, -0.2) is 24.0 Å². The lowest BCUT2D eigenvalue weighted by Gasteiger charge is -2.36. The Morgan fingerprint density at radius 2 is 2.09 bits per heavy atom. The zero-order chi connectivity index (χ0) is 15.4. The molecule has 2 fully saturated rings. The highest BCUT2D eigenvalue weighted by atomic mass is 32.2. The van der Waals surface area contributed by atoms with E-state index in [9.17, 15) is 9.59 Å². The fourth-order valence-corrected chi connectivity index (χ4v) is 5.23. The van der Waals surface area contributed by atoms with Crippen molar-refractivity contribution in [3.63, 3.8) is 0 Å². The Hall–Kier alpha value is -0.810. The number of ketones is 1. The first-order valence-corrected chi connectivity index (χ1v) is 10.2.